The van der Waals surface area contributed by atoms with E-state index in [0.29, 0.717) is 73.5 Å². The SMILES string of the molecule is COc1nc(-c2cccc(-c3cccc(-c4ccn5c(=O)c(CNCC(F)F)cnc5c4)c3Cl)c2Cl)ccc1CN(C[C@@H]1CCC(=O)N1)C(=O)OC(C)(C)C. The number of carbonyl (C=O) groups excluding carboxylic acids is 2. The summed E-state index contributed by atoms with van der Waals surface area (Å²) >= 11 is 14.2. The lowest BCUT2D eigenvalue weighted by atomic mass is 9.97. The molecule has 0 radical (unpaired) electrons. The number of halogens is 4. The van der Waals surface area contributed by atoms with Gasteiger partial charge >= 0.3 is 6.09 Å². The van der Waals surface area contributed by atoms with Crippen molar-refractivity contribution >= 4 is 40.8 Å². The minimum atomic E-state index is -2.53. The zero-order valence-electron chi connectivity index (χ0n) is 30.7. The lowest BCUT2D eigenvalue weighted by molar-refractivity contribution is -0.119. The molecule has 2 aromatic carbocycles. The molecular formula is C40H40Cl2F2N6O5. The number of hydrogen-bond acceptors (Lipinski definition) is 8. The number of amides is 2. The number of methoxy groups -OCH3 is 1. The molecule has 15 heteroatoms. The Labute approximate surface area is 326 Å². The zero-order valence-corrected chi connectivity index (χ0v) is 32.2. The number of nitrogens with zero attached hydrogens (tertiary/aromatic N) is 4. The van der Waals surface area contributed by atoms with Gasteiger partial charge in [0.1, 0.15) is 11.2 Å². The molecule has 1 saturated heterocycles. The van der Waals surface area contributed by atoms with Gasteiger partial charge in [0, 0.05) is 71.3 Å². The third kappa shape index (κ3) is 9.23. The molecule has 1 aliphatic rings. The van der Waals surface area contributed by atoms with Crippen molar-refractivity contribution in [1.82, 2.24) is 29.9 Å². The maximum atomic E-state index is 13.3. The van der Waals surface area contributed by atoms with E-state index in [1.54, 1.807) is 50.1 Å². The first-order valence-corrected chi connectivity index (χ1v) is 18.4. The van der Waals surface area contributed by atoms with Crippen LogP contribution in [0.5, 0.6) is 5.88 Å². The fourth-order valence-corrected chi connectivity index (χ4v) is 7.01. The Morgan fingerprint density at radius 2 is 1.71 bits per heavy atom. The van der Waals surface area contributed by atoms with E-state index in [-0.39, 0.29) is 42.7 Å². The van der Waals surface area contributed by atoms with Gasteiger partial charge < -0.3 is 25.0 Å². The first kappa shape index (κ1) is 39.6. The first-order valence-electron chi connectivity index (χ1n) is 17.6. The number of hydrogen-bond donors (Lipinski definition) is 2. The van der Waals surface area contributed by atoms with Crippen molar-refractivity contribution in [1.29, 1.82) is 0 Å². The van der Waals surface area contributed by atoms with Crippen LogP contribution in [-0.2, 0) is 22.6 Å². The smallest absolute Gasteiger partial charge is 0.410 e. The summed E-state index contributed by atoms with van der Waals surface area (Å²) in [5.41, 5.74) is 4.03. The first-order chi connectivity index (χ1) is 26.2. The lowest BCUT2D eigenvalue weighted by Crippen LogP contribution is -2.43. The van der Waals surface area contributed by atoms with Crippen molar-refractivity contribution in [2.45, 2.75) is 64.8 Å². The van der Waals surface area contributed by atoms with E-state index in [2.05, 4.69) is 15.6 Å². The number of benzene rings is 2. The molecule has 3 aromatic heterocycles. The van der Waals surface area contributed by atoms with Gasteiger partial charge in [-0.25, -0.2) is 23.5 Å². The Hall–Kier alpha value is -5.11. The molecule has 6 rings (SSSR count). The molecule has 55 heavy (non-hydrogen) atoms. The standard InChI is InChI=1S/C40H40Cl2F2N6O5/c1-40(2,3)55-39(53)49(22-26-12-14-34(51)47-26)21-24-11-13-31(48-37(24)54-4)30-10-6-9-29(36(30)42)28-8-5-7-27(35(28)41)23-15-16-50-33(17-23)46-19-25(38(50)52)18-45-20-32(43)44/h5-11,13,15-17,19,26,32,45H,12,14,18,20-22H2,1-4H3,(H,47,51)/t26-/m0/s1. The van der Waals surface area contributed by atoms with E-state index in [1.807, 2.05) is 42.5 Å². The summed E-state index contributed by atoms with van der Waals surface area (Å²) in [4.78, 5) is 48.9. The van der Waals surface area contributed by atoms with Crippen LogP contribution < -0.4 is 20.9 Å². The quantitative estimate of drug-likeness (QED) is 0.131. The number of alkyl halides is 2. The number of pyridine rings is 2. The summed E-state index contributed by atoms with van der Waals surface area (Å²) < 4.78 is 37.9. The second-order valence-electron chi connectivity index (χ2n) is 14.1. The maximum Gasteiger partial charge on any atom is 0.410 e. The summed E-state index contributed by atoms with van der Waals surface area (Å²) in [5, 5.41) is 6.29. The zero-order chi connectivity index (χ0) is 39.4. The Balaban J connectivity index is 1.28. The molecule has 0 spiro atoms. The topological polar surface area (TPSA) is 127 Å². The maximum absolute atomic E-state index is 13.3. The van der Waals surface area contributed by atoms with Crippen molar-refractivity contribution in [2.24, 2.45) is 0 Å². The molecule has 1 aliphatic heterocycles. The molecule has 288 valence electrons. The van der Waals surface area contributed by atoms with Crippen LogP contribution in [0.4, 0.5) is 13.6 Å². The highest BCUT2D eigenvalue weighted by molar-refractivity contribution is 6.39. The lowest BCUT2D eigenvalue weighted by Gasteiger charge is -2.29. The van der Waals surface area contributed by atoms with E-state index in [9.17, 15) is 23.2 Å². The highest BCUT2D eigenvalue weighted by Gasteiger charge is 2.29. The second-order valence-corrected chi connectivity index (χ2v) is 14.9. The van der Waals surface area contributed by atoms with E-state index >= 15 is 0 Å². The summed E-state index contributed by atoms with van der Waals surface area (Å²) in [6, 6.07) is 18.0. The highest BCUT2D eigenvalue weighted by atomic mass is 35.5. The molecule has 1 atom stereocenters. The number of rotatable bonds is 12. The van der Waals surface area contributed by atoms with Gasteiger partial charge in [-0.3, -0.25) is 14.0 Å². The Morgan fingerprint density at radius 1 is 1.02 bits per heavy atom. The van der Waals surface area contributed by atoms with Gasteiger partial charge in [0.15, 0.2) is 0 Å². The van der Waals surface area contributed by atoms with Crippen LogP contribution in [0, 0.1) is 0 Å². The molecule has 0 unspecified atom stereocenters. The normalized spacial score (nSPS) is 14.3. The predicted octanol–water partition coefficient (Wildman–Crippen LogP) is 7.78. The minimum Gasteiger partial charge on any atom is -0.481 e. The van der Waals surface area contributed by atoms with Crippen molar-refractivity contribution < 1.29 is 27.8 Å². The van der Waals surface area contributed by atoms with Crippen molar-refractivity contribution in [3.63, 3.8) is 0 Å². The van der Waals surface area contributed by atoms with Gasteiger partial charge in [-0.05, 0) is 57.0 Å². The van der Waals surface area contributed by atoms with Crippen LogP contribution in [0.2, 0.25) is 10.0 Å². The monoisotopic (exact) mass is 792 g/mol. The van der Waals surface area contributed by atoms with Crippen LogP contribution in [-0.4, -0.2) is 69.5 Å². The summed E-state index contributed by atoms with van der Waals surface area (Å²) in [5.74, 6) is 0.244. The Kier molecular flexibility index (Phi) is 12.0. The van der Waals surface area contributed by atoms with Crippen molar-refractivity contribution in [3.05, 3.63) is 105 Å². The molecule has 2 N–H and O–H groups in total. The molecule has 1 fully saturated rings. The Bertz CT molecular complexity index is 2300. The van der Waals surface area contributed by atoms with E-state index in [4.69, 9.17) is 37.7 Å². The van der Waals surface area contributed by atoms with Gasteiger partial charge in [-0.2, -0.15) is 0 Å². The molecule has 2 amide bonds. The van der Waals surface area contributed by atoms with Crippen LogP contribution >= 0.6 is 23.2 Å². The third-order valence-electron chi connectivity index (χ3n) is 8.94. The molecule has 0 saturated carbocycles. The number of carbonyl (C=O) groups is 2. The molecule has 11 nitrogen and oxygen atoms in total. The van der Waals surface area contributed by atoms with Crippen molar-refractivity contribution in [3.8, 4) is 39.4 Å². The van der Waals surface area contributed by atoms with E-state index in [0.717, 1.165) is 0 Å². The van der Waals surface area contributed by atoms with Crippen LogP contribution in [0.25, 0.3) is 39.2 Å². The Morgan fingerprint density at radius 3 is 2.36 bits per heavy atom. The van der Waals surface area contributed by atoms with Gasteiger partial charge in [0.05, 0.1) is 35.9 Å². The van der Waals surface area contributed by atoms with Crippen LogP contribution in [0.15, 0.2) is 77.9 Å². The predicted molar refractivity (Wildman–Crippen MR) is 208 cm³/mol. The fourth-order valence-electron chi connectivity index (χ4n) is 6.35. The number of ether oxygens (including phenoxy) is 2. The average molecular weight is 794 g/mol. The second kappa shape index (κ2) is 16.7. The number of nitrogens with one attached hydrogen (secondary N) is 2. The summed E-state index contributed by atoms with van der Waals surface area (Å²) in [6.45, 7) is 5.22. The highest BCUT2D eigenvalue weighted by Crippen LogP contribution is 2.42. The van der Waals surface area contributed by atoms with Gasteiger partial charge in [0.2, 0.25) is 11.8 Å². The number of aromatic nitrogens is 3. The molecule has 4 heterocycles. The molecule has 0 aliphatic carbocycles. The van der Waals surface area contributed by atoms with Crippen molar-refractivity contribution in [2.75, 3.05) is 20.2 Å². The van der Waals surface area contributed by atoms with Gasteiger partial charge in [0.25, 0.3) is 12.0 Å². The van der Waals surface area contributed by atoms with Gasteiger partial charge in [-0.15, -0.1) is 0 Å². The fraction of sp³-hybridized carbons (Fsp3) is 0.325. The summed E-state index contributed by atoms with van der Waals surface area (Å²) in [6.07, 6.45) is 0.930. The average Bonchev–Trinajstić information content (AvgIpc) is 3.56. The van der Waals surface area contributed by atoms with E-state index in [1.165, 1.54) is 17.7 Å². The number of fused-ring (bicyclic) bond motifs is 1. The molecule has 0 bridgehead atoms. The third-order valence-corrected chi connectivity index (χ3v) is 9.75. The largest absolute Gasteiger partial charge is 0.481 e. The summed E-state index contributed by atoms with van der Waals surface area (Å²) in [7, 11) is 1.50. The molecular weight excluding hydrogens is 753 g/mol. The van der Waals surface area contributed by atoms with E-state index < -0.39 is 24.7 Å². The minimum absolute atomic E-state index is 0.0317. The molecule has 5 aromatic rings. The van der Waals surface area contributed by atoms with Crippen LogP contribution in [0.3, 0.4) is 0 Å². The van der Waals surface area contributed by atoms with Crippen LogP contribution in [0.1, 0.15) is 44.7 Å². The van der Waals surface area contributed by atoms with Gasteiger partial charge in [-0.1, -0.05) is 59.6 Å².